The molecule has 1 heterocycles. The van der Waals surface area contributed by atoms with Crippen molar-refractivity contribution in [3.8, 4) is 0 Å². The predicted molar refractivity (Wildman–Crippen MR) is 68.4 cm³/mol. The largest absolute Gasteiger partial charge is 0.480 e. The van der Waals surface area contributed by atoms with Crippen LogP contribution in [0.15, 0.2) is 30.3 Å². The van der Waals surface area contributed by atoms with Crippen molar-refractivity contribution in [3.05, 3.63) is 35.9 Å². The van der Waals surface area contributed by atoms with E-state index in [9.17, 15) is 14.4 Å². The van der Waals surface area contributed by atoms with Gasteiger partial charge in [0.2, 0.25) is 0 Å². The van der Waals surface area contributed by atoms with Crippen molar-refractivity contribution < 1.29 is 29.0 Å². The number of epoxide rings is 1. The third kappa shape index (κ3) is 4.01. The number of carbonyl (C=O) groups excluding carboxylic acids is 2. The van der Waals surface area contributed by atoms with Gasteiger partial charge in [-0.1, -0.05) is 30.3 Å². The van der Waals surface area contributed by atoms with E-state index in [1.807, 2.05) is 6.07 Å². The summed E-state index contributed by atoms with van der Waals surface area (Å²) in [6, 6.07) is 9.03. The van der Waals surface area contributed by atoms with E-state index in [0.29, 0.717) is 5.01 Å². The average molecular weight is 294 g/mol. The molecule has 1 aromatic rings. The molecule has 3 N–H and O–H groups in total. The Balaban J connectivity index is 1.78. The van der Waals surface area contributed by atoms with E-state index < -0.39 is 36.6 Å². The van der Waals surface area contributed by atoms with E-state index in [-0.39, 0.29) is 6.61 Å². The fourth-order valence-electron chi connectivity index (χ4n) is 1.68. The second-order valence-electron chi connectivity index (χ2n) is 4.43. The van der Waals surface area contributed by atoms with E-state index in [4.69, 9.17) is 20.4 Å². The van der Waals surface area contributed by atoms with Gasteiger partial charge in [-0.25, -0.2) is 10.6 Å². The van der Waals surface area contributed by atoms with Gasteiger partial charge in [-0.05, 0) is 5.56 Å². The van der Waals surface area contributed by atoms with Crippen LogP contribution in [0.2, 0.25) is 0 Å². The number of hydrogen-bond acceptors (Lipinski definition) is 6. The maximum absolute atomic E-state index is 11.7. The van der Waals surface area contributed by atoms with Crippen LogP contribution in [0.4, 0.5) is 0 Å². The molecule has 0 spiro atoms. The zero-order valence-corrected chi connectivity index (χ0v) is 11.0. The fourth-order valence-corrected chi connectivity index (χ4v) is 1.68. The number of rotatable bonds is 6. The highest BCUT2D eigenvalue weighted by atomic mass is 16.6. The third-order valence-electron chi connectivity index (χ3n) is 2.78. The summed E-state index contributed by atoms with van der Waals surface area (Å²) < 4.78 is 9.89. The lowest BCUT2D eigenvalue weighted by Crippen LogP contribution is -2.44. The number of hydrazine groups is 1. The smallest absolute Gasteiger partial charge is 0.338 e. The molecule has 0 bridgehead atoms. The second-order valence-corrected chi connectivity index (χ2v) is 4.43. The Bertz CT molecular complexity index is 547. The molecule has 21 heavy (non-hydrogen) atoms. The molecule has 2 unspecified atom stereocenters. The molecule has 8 heteroatoms. The van der Waals surface area contributed by atoms with E-state index in [1.54, 1.807) is 24.3 Å². The van der Waals surface area contributed by atoms with Gasteiger partial charge in [-0.15, -0.1) is 0 Å². The van der Waals surface area contributed by atoms with Gasteiger partial charge in [0.25, 0.3) is 5.91 Å². The van der Waals surface area contributed by atoms with Gasteiger partial charge in [0, 0.05) is 0 Å². The van der Waals surface area contributed by atoms with Gasteiger partial charge in [-0.2, -0.15) is 0 Å². The molecular formula is C13H14N2O6. The standard InChI is InChI=1S/C13H14N2O6/c14-15(6-9(16)17)12(18)10-11(21-10)13(19)20-7-8-4-2-1-3-5-8/h1-5,10-11H,6-7,14H2,(H,16,17). The van der Waals surface area contributed by atoms with E-state index in [2.05, 4.69) is 0 Å². The van der Waals surface area contributed by atoms with E-state index in [1.165, 1.54) is 0 Å². The van der Waals surface area contributed by atoms with Crippen molar-refractivity contribution in [2.45, 2.75) is 18.8 Å². The second kappa shape index (κ2) is 6.33. The first kappa shape index (κ1) is 14.9. The molecule has 2 atom stereocenters. The van der Waals surface area contributed by atoms with Gasteiger partial charge >= 0.3 is 11.9 Å². The minimum Gasteiger partial charge on any atom is -0.480 e. The van der Waals surface area contributed by atoms with Crippen LogP contribution in [0.25, 0.3) is 0 Å². The lowest BCUT2D eigenvalue weighted by atomic mass is 10.2. The summed E-state index contributed by atoms with van der Waals surface area (Å²) in [7, 11) is 0. The van der Waals surface area contributed by atoms with Crippen LogP contribution < -0.4 is 5.84 Å². The molecule has 1 fully saturated rings. The summed E-state index contributed by atoms with van der Waals surface area (Å²) in [5, 5.41) is 9.01. The zero-order chi connectivity index (χ0) is 15.4. The Hall–Kier alpha value is -2.45. The number of ether oxygens (including phenoxy) is 2. The average Bonchev–Trinajstić information content (AvgIpc) is 3.24. The molecule has 1 saturated heterocycles. The lowest BCUT2D eigenvalue weighted by molar-refractivity contribution is -0.146. The number of hydrogen-bond donors (Lipinski definition) is 2. The van der Waals surface area contributed by atoms with Crippen molar-refractivity contribution in [1.82, 2.24) is 5.01 Å². The van der Waals surface area contributed by atoms with Gasteiger partial charge < -0.3 is 14.6 Å². The zero-order valence-electron chi connectivity index (χ0n) is 11.0. The predicted octanol–water partition coefficient (Wildman–Crippen LogP) is -0.716. The number of nitrogens with zero attached hydrogens (tertiary/aromatic N) is 1. The van der Waals surface area contributed by atoms with Crippen LogP contribution in [-0.4, -0.2) is 46.7 Å². The molecule has 2 rings (SSSR count). The first-order valence-corrected chi connectivity index (χ1v) is 6.13. The molecule has 0 saturated carbocycles. The molecule has 1 aliphatic heterocycles. The third-order valence-corrected chi connectivity index (χ3v) is 2.78. The number of carbonyl (C=O) groups is 3. The van der Waals surface area contributed by atoms with Crippen molar-refractivity contribution in [2.24, 2.45) is 5.84 Å². The Morgan fingerprint density at radius 2 is 1.90 bits per heavy atom. The molecule has 8 nitrogen and oxygen atoms in total. The highest BCUT2D eigenvalue weighted by Gasteiger charge is 2.53. The van der Waals surface area contributed by atoms with Crippen molar-refractivity contribution in [1.29, 1.82) is 0 Å². The van der Waals surface area contributed by atoms with Crippen molar-refractivity contribution in [2.75, 3.05) is 6.54 Å². The van der Waals surface area contributed by atoms with Gasteiger partial charge in [0.05, 0.1) is 0 Å². The number of carboxylic acid groups (broad SMARTS) is 1. The van der Waals surface area contributed by atoms with E-state index >= 15 is 0 Å². The topological polar surface area (TPSA) is 122 Å². The molecule has 0 aromatic heterocycles. The summed E-state index contributed by atoms with van der Waals surface area (Å²) in [5.41, 5.74) is 0.806. The maximum Gasteiger partial charge on any atom is 0.338 e. The summed E-state index contributed by atoms with van der Waals surface area (Å²) in [6.45, 7) is -0.591. The number of carboxylic acids is 1. The molecule has 1 aromatic carbocycles. The highest BCUT2D eigenvalue weighted by Crippen LogP contribution is 2.25. The first-order valence-electron chi connectivity index (χ1n) is 6.13. The van der Waals surface area contributed by atoms with Crippen molar-refractivity contribution in [3.63, 3.8) is 0 Å². The number of esters is 1. The Morgan fingerprint density at radius 3 is 2.52 bits per heavy atom. The summed E-state index contributed by atoms with van der Waals surface area (Å²) in [5.74, 6) is 2.56. The molecule has 0 aliphatic carbocycles. The fraction of sp³-hybridized carbons (Fsp3) is 0.308. The molecule has 0 radical (unpaired) electrons. The quantitative estimate of drug-likeness (QED) is 0.233. The van der Waals surface area contributed by atoms with Crippen molar-refractivity contribution >= 4 is 17.8 Å². The normalized spacial score (nSPS) is 19.7. The molecule has 1 aliphatic rings. The maximum atomic E-state index is 11.7. The number of aliphatic carboxylic acids is 1. The van der Waals surface area contributed by atoms with Crippen LogP contribution in [0.5, 0.6) is 0 Å². The molecule has 112 valence electrons. The van der Waals surface area contributed by atoms with Gasteiger partial charge in [-0.3, -0.25) is 14.6 Å². The summed E-state index contributed by atoms with van der Waals surface area (Å²) in [6.07, 6.45) is -2.10. The lowest BCUT2D eigenvalue weighted by Gasteiger charge is -2.11. The van der Waals surface area contributed by atoms with Crippen LogP contribution in [0, 0.1) is 0 Å². The van der Waals surface area contributed by atoms with Gasteiger partial charge in [0.1, 0.15) is 13.2 Å². The number of nitrogens with two attached hydrogens (primary N) is 1. The first-order chi connectivity index (χ1) is 9.99. The minimum atomic E-state index is -1.25. The number of benzene rings is 1. The number of amides is 1. The van der Waals surface area contributed by atoms with Crippen LogP contribution in [0.1, 0.15) is 5.56 Å². The molecular weight excluding hydrogens is 280 g/mol. The SMILES string of the molecule is NN(CC(=O)O)C(=O)C1OC1C(=O)OCc1ccccc1. The monoisotopic (exact) mass is 294 g/mol. The minimum absolute atomic E-state index is 0.0713. The Kier molecular flexibility index (Phi) is 4.51. The van der Waals surface area contributed by atoms with Crippen LogP contribution >= 0.6 is 0 Å². The Morgan fingerprint density at radius 1 is 1.24 bits per heavy atom. The summed E-state index contributed by atoms with van der Waals surface area (Å²) in [4.78, 5) is 33.7. The van der Waals surface area contributed by atoms with Crippen LogP contribution in [0.3, 0.4) is 0 Å². The molecule has 1 amide bonds. The Labute approximate surface area is 120 Å². The van der Waals surface area contributed by atoms with Crippen LogP contribution in [-0.2, 0) is 30.5 Å². The van der Waals surface area contributed by atoms with Gasteiger partial charge in [0.15, 0.2) is 12.2 Å². The summed E-state index contributed by atoms with van der Waals surface area (Å²) >= 11 is 0. The highest BCUT2D eigenvalue weighted by molar-refractivity contribution is 5.93. The van der Waals surface area contributed by atoms with E-state index in [0.717, 1.165) is 5.56 Å².